The molecule has 0 spiro atoms. The number of carbonyl (C=O) groups excluding carboxylic acids is 1. The Morgan fingerprint density at radius 2 is 2.00 bits per heavy atom. The highest BCUT2D eigenvalue weighted by Crippen LogP contribution is 2.37. The van der Waals surface area contributed by atoms with Gasteiger partial charge in [0.2, 0.25) is 0 Å². The number of hydrogen-bond acceptors (Lipinski definition) is 2. The van der Waals surface area contributed by atoms with E-state index in [0.717, 1.165) is 16.0 Å². The summed E-state index contributed by atoms with van der Waals surface area (Å²) in [5.74, 6) is -4.89. The van der Waals surface area contributed by atoms with Gasteiger partial charge in [-0.05, 0) is 17.0 Å². The number of nitrogens with zero attached hydrogens (tertiary/aromatic N) is 1. The monoisotopic (exact) mass is 358 g/mol. The van der Waals surface area contributed by atoms with Crippen LogP contribution in [0.1, 0.15) is 30.9 Å². The summed E-state index contributed by atoms with van der Waals surface area (Å²) in [6.45, 7) is 3.15. The first-order valence-corrected chi connectivity index (χ1v) is 8.00. The van der Waals surface area contributed by atoms with Gasteiger partial charge in [0.1, 0.15) is 0 Å². The van der Waals surface area contributed by atoms with E-state index >= 15 is 0 Å². The number of carboxylic acids is 1. The smallest absolute Gasteiger partial charge is 0.394 e. The Kier molecular flexibility index (Phi) is 5.59. The maximum absolute atomic E-state index is 13.0. The number of nitrogens with one attached hydrogen (secondary N) is 1. The van der Waals surface area contributed by atoms with Crippen LogP contribution in [0, 0.1) is 11.8 Å². The van der Waals surface area contributed by atoms with Gasteiger partial charge in [-0.15, -0.1) is 0 Å². The predicted octanol–water partition coefficient (Wildman–Crippen LogP) is 3.21. The second-order valence-corrected chi connectivity index (χ2v) is 6.56. The van der Waals surface area contributed by atoms with Crippen LogP contribution >= 0.6 is 0 Å². The molecule has 2 rings (SSSR count). The van der Waals surface area contributed by atoms with Gasteiger partial charge < -0.3 is 15.3 Å². The summed E-state index contributed by atoms with van der Waals surface area (Å²) >= 11 is 0. The summed E-state index contributed by atoms with van der Waals surface area (Å²) in [6.07, 6.45) is -4.65. The van der Waals surface area contributed by atoms with E-state index in [-0.39, 0.29) is 6.54 Å². The fourth-order valence-corrected chi connectivity index (χ4v) is 2.90. The van der Waals surface area contributed by atoms with Gasteiger partial charge >= 0.3 is 18.2 Å². The molecule has 5 nitrogen and oxygen atoms in total. The third-order valence-electron chi connectivity index (χ3n) is 4.41. The lowest BCUT2D eigenvalue weighted by Gasteiger charge is -2.19. The second kappa shape index (κ2) is 7.33. The molecule has 0 radical (unpaired) electrons. The Balaban J connectivity index is 1.99. The maximum atomic E-state index is 13.0. The lowest BCUT2D eigenvalue weighted by atomic mass is 9.96. The molecule has 0 aromatic heterocycles. The number of carbonyl (C=O) groups is 2. The Hall–Kier alpha value is -2.25. The van der Waals surface area contributed by atoms with Gasteiger partial charge in [-0.3, -0.25) is 4.79 Å². The molecule has 2 amide bonds. The molecule has 1 saturated heterocycles. The van der Waals surface area contributed by atoms with E-state index in [0.29, 0.717) is 5.92 Å². The van der Waals surface area contributed by atoms with Crippen molar-refractivity contribution in [3.63, 3.8) is 0 Å². The van der Waals surface area contributed by atoms with Crippen molar-refractivity contribution in [2.24, 2.45) is 11.8 Å². The number of amides is 2. The summed E-state index contributed by atoms with van der Waals surface area (Å²) in [6, 6.07) is 6.87. The number of carboxylic acid groups (broad SMARTS) is 1. The van der Waals surface area contributed by atoms with Crippen molar-refractivity contribution in [1.82, 2.24) is 10.2 Å². The molecule has 1 aromatic carbocycles. The Labute approximate surface area is 143 Å². The highest BCUT2D eigenvalue weighted by molar-refractivity contribution is 5.77. The number of alkyl halides is 3. The Bertz CT molecular complexity index is 646. The molecule has 2 atom stereocenters. The minimum atomic E-state index is -4.65. The summed E-state index contributed by atoms with van der Waals surface area (Å²) in [4.78, 5) is 24.1. The van der Waals surface area contributed by atoms with Crippen molar-refractivity contribution >= 4 is 12.0 Å². The number of aliphatic carboxylic acids is 1. The number of hydrogen-bond donors (Lipinski definition) is 2. The van der Waals surface area contributed by atoms with Crippen LogP contribution < -0.4 is 5.32 Å². The lowest BCUT2D eigenvalue weighted by molar-refractivity contribution is -0.187. The Morgan fingerprint density at radius 1 is 1.32 bits per heavy atom. The molecule has 1 heterocycles. The molecule has 2 N–H and O–H groups in total. The fourth-order valence-electron chi connectivity index (χ4n) is 2.90. The van der Waals surface area contributed by atoms with Gasteiger partial charge in [0.25, 0.3) is 0 Å². The predicted molar refractivity (Wildman–Crippen MR) is 85.0 cm³/mol. The highest BCUT2D eigenvalue weighted by Gasteiger charge is 2.53. The number of urea groups is 1. The van der Waals surface area contributed by atoms with Crippen LogP contribution in [0.4, 0.5) is 18.0 Å². The average Bonchev–Trinajstić information content (AvgIpc) is 2.99. The van der Waals surface area contributed by atoms with E-state index in [9.17, 15) is 22.8 Å². The van der Waals surface area contributed by atoms with Crippen molar-refractivity contribution in [2.45, 2.75) is 32.5 Å². The third kappa shape index (κ3) is 4.64. The van der Waals surface area contributed by atoms with Gasteiger partial charge in [0, 0.05) is 19.6 Å². The van der Waals surface area contributed by atoms with Crippen LogP contribution in [0.25, 0.3) is 0 Å². The van der Waals surface area contributed by atoms with Gasteiger partial charge in [-0.1, -0.05) is 38.1 Å². The van der Waals surface area contributed by atoms with Crippen LogP contribution in [0.3, 0.4) is 0 Å². The molecule has 138 valence electrons. The van der Waals surface area contributed by atoms with Crippen molar-refractivity contribution in [1.29, 1.82) is 0 Å². The van der Waals surface area contributed by atoms with Gasteiger partial charge in [-0.25, -0.2) is 4.79 Å². The fraction of sp³-hybridized carbons (Fsp3) is 0.529. The summed E-state index contributed by atoms with van der Waals surface area (Å²) in [7, 11) is 0. The number of benzene rings is 1. The zero-order valence-electron chi connectivity index (χ0n) is 14.0. The topological polar surface area (TPSA) is 69.6 Å². The van der Waals surface area contributed by atoms with Crippen LogP contribution in [0.15, 0.2) is 24.3 Å². The molecular weight excluding hydrogens is 337 g/mol. The van der Waals surface area contributed by atoms with Crippen LogP contribution in [-0.2, 0) is 11.3 Å². The van der Waals surface area contributed by atoms with Crippen molar-refractivity contribution in [3.05, 3.63) is 35.4 Å². The molecule has 0 bridgehead atoms. The summed E-state index contributed by atoms with van der Waals surface area (Å²) in [5.41, 5.74) is 1.93. The largest absolute Gasteiger partial charge is 0.481 e. The highest BCUT2D eigenvalue weighted by atomic mass is 19.4. The third-order valence-corrected chi connectivity index (χ3v) is 4.41. The zero-order chi connectivity index (χ0) is 18.8. The van der Waals surface area contributed by atoms with E-state index in [2.05, 4.69) is 5.32 Å². The molecular formula is C17H21F3N2O3. The van der Waals surface area contributed by atoms with Gasteiger partial charge in [0.15, 0.2) is 0 Å². The van der Waals surface area contributed by atoms with E-state index in [1.807, 2.05) is 38.1 Å². The van der Waals surface area contributed by atoms with E-state index in [1.165, 1.54) is 0 Å². The van der Waals surface area contributed by atoms with E-state index in [1.54, 1.807) is 0 Å². The minimum absolute atomic E-state index is 0.171. The van der Waals surface area contributed by atoms with Crippen molar-refractivity contribution in [3.8, 4) is 0 Å². The molecule has 1 fully saturated rings. The zero-order valence-corrected chi connectivity index (χ0v) is 14.0. The quantitative estimate of drug-likeness (QED) is 0.868. The first-order chi connectivity index (χ1) is 11.6. The SMILES string of the molecule is CC(C)c1cccc(CNC(=O)N2C[C@@H](C(F)(F)F)[C@H](C(=O)O)C2)c1. The summed E-state index contributed by atoms with van der Waals surface area (Å²) in [5, 5.41) is 11.5. The summed E-state index contributed by atoms with van der Waals surface area (Å²) < 4.78 is 38.9. The number of likely N-dealkylation sites (tertiary alicyclic amines) is 1. The maximum Gasteiger partial charge on any atom is 0.394 e. The molecule has 1 aromatic rings. The first-order valence-electron chi connectivity index (χ1n) is 8.00. The first kappa shape index (κ1) is 19.1. The van der Waals surface area contributed by atoms with Crippen LogP contribution in [-0.4, -0.2) is 41.3 Å². The second-order valence-electron chi connectivity index (χ2n) is 6.56. The molecule has 0 unspecified atom stereocenters. The molecule has 25 heavy (non-hydrogen) atoms. The molecule has 0 saturated carbocycles. The van der Waals surface area contributed by atoms with Crippen molar-refractivity contribution in [2.75, 3.05) is 13.1 Å². The van der Waals surface area contributed by atoms with Gasteiger partial charge in [0.05, 0.1) is 11.8 Å². The van der Waals surface area contributed by atoms with Gasteiger partial charge in [-0.2, -0.15) is 13.2 Å². The van der Waals surface area contributed by atoms with Crippen molar-refractivity contribution < 1.29 is 27.9 Å². The molecule has 8 heteroatoms. The number of halogens is 3. The average molecular weight is 358 g/mol. The molecule has 1 aliphatic rings. The molecule has 0 aliphatic carbocycles. The molecule has 1 aliphatic heterocycles. The normalized spacial score (nSPS) is 20.8. The Morgan fingerprint density at radius 3 is 2.52 bits per heavy atom. The van der Waals surface area contributed by atoms with Crippen LogP contribution in [0.2, 0.25) is 0 Å². The van der Waals surface area contributed by atoms with E-state index in [4.69, 9.17) is 5.11 Å². The number of rotatable bonds is 4. The standard InChI is InChI=1S/C17H21F3N2O3/c1-10(2)12-5-3-4-11(6-12)7-21-16(25)22-8-13(15(23)24)14(9-22)17(18,19)20/h3-6,10,13-14H,7-9H2,1-2H3,(H,21,25)(H,23,24)/t13-,14-/m1/s1. The lowest BCUT2D eigenvalue weighted by Crippen LogP contribution is -2.39. The van der Waals surface area contributed by atoms with Crippen LogP contribution in [0.5, 0.6) is 0 Å². The van der Waals surface area contributed by atoms with E-state index < -0.39 is 43.1 Å². The minimum Gasteiger partial charge on any atom is -0.481 e.